The highest BCUT2D eigenvalue weighted by Gasteiger charge is 2.20. The maximum atomic E-state index is 13.1. The predicted molar refractivity (Wildman–Crippen MR) is 115 cm³/mol. The molecular formula is C21H21ClN4O3. The predicted octanol–water partition coefficient (Wildman–Crippen LogP) is 3.37. The van der Waals surface area contributed by atoms with E-state index in [0.717, 1.165) is 5.56 Å². The van der Waals surface area contributed by atoms with Crippen molar-refractivity contribution in [3.8, 4) is 0 Å². The lowest BCUT2D eigenvalue weighted by molar-refractivity contribution is -0.117. The Kier molecular flexibility index (Phi) is 5.98. The molecule has 8 heteroatoms. The number of anilines is 2. The molecule has 3 aromatic rings. The zero-order chi connectivity index (χ0) is 21.1. The number of nitrogens with zero attached hydrogens (tertiary/aromatic N) is 3. The van der Waals surface area contributed by atoms with Crippen molar-refractivity contribution in [2.45, 2.75) is 27.3 Å². The van der Waals surface area contributed by atoms with E-state index in [1.807, 2.05) is 0 Å². The molecule has 3 rings (SSSR count). The highest BCUT2D eigenvalue weighted by Crippen LogP contribution is 2.23. The standard InChI is InChI=1S/C21H21ClN4O3/c1-4-25(14(3)27)20-21(29)26(18-11-6-5-9-17(18)24-20)12-19(28)23-16-10-7-8-15(22)13(16)2/h5-11H,4,12H2,1-3H3,(H,23,28). The number of halogens is 1. The zero-order valence-electron chi connectivity index (χ0n) is 16.4. The van der Waals surface area contributed by atoms with Crippen LogP contribution in [0, 0.1) is 6.92 Å². The molecule has 0 saturated heterocycles. The quantitative estimate of drug-likeness (QED) is 0.696. The third-order valence-corrected chi connectivity index (χ3v) is 5.04. The second-order valence-corrected chi connectivity index (χ2v) is 6.95. The van der Waals surface area contributed by atoms with E-state index in [-0.39, 0.29) is 24.2 Å². The molecule has 0 aliphatic carbocycles. The summed E-state index contributed by atoms with van der Waals surface area (Å²) in [7, 11) is 0. The SMILES string of the molecule is CCN(C(C)=O)c1nc2ccccc2n(CC(=O)Nc2cccc(Cl)c2C)c1=O. The average molecular weight is 413 g/mol. The lowest BCUT2D eigenvalue weighted by Gasteiger charge is -2.20. The summed E-state index contributed by atoms with van der Waals surface area (Å²) in [5, 5.41) is 3.33. The molecule has 2 aromatic carbocycles. The minimum absolute atomic E-state index is 0.00503. The number of fused-ring (bicyclic) bond motifs is 1. The van der Waals surface area contributed by atoms with E-state index in [1.54, 1.807) is 56.3 Å². The lowest BCUT2D eigenvalue weighted by Crippen LogP contribution is -2.38. The first-order chi connectivity index (χ1) is 13.8. The van der Waals surface area contributed by atoms with Crippen molar-refractivity contribution in [2.24, 2.45) is 0 Å². The Balaban J connectivity index is 2.05. The van der Waals surface area contributed by atoms with E-state index in [0.29, 0.717) is 28.3 Å². The molecule has 0 aliphatic rings. The van der Waals surface area contributed by atoms with E-state index in [4.69, 9.17) is 11.6 Å². The molecule has 0 bridgehead atoms. The van der Waals surface area contributed by atoms with Crippen LogP contribution in [0.4, 0.5) is 11.5 Å². The van der Waals surface area contributed by atoms with Crippen molar-refractivity contribution in [3.63, 3.8) is 0 Å². The molecule has 0 aliphatic heterocycles. The van der Waals surface area contributed by atoms with Gasteiger partial charge in [0.05, 0.1) is 11.0 Å². The molecule has 1 N–H and O–H groups in total. The van der Waals surface area contributed by atoms with Crippen LogP contribution in [-0.4, -0.2) is 27.9 Å². The number of amides is 2. The molecule has 29 heavy (non-hydrogen) atoms. The van der Waals surface area contributed by atoms with E-state index < -0.39 is 5.56 Å². The van der Waals surface area contributed by atoms with Crippen LogP contribution in [0.15, 0.2) is 47.3 Å². The normalized spacial score (nSPS) is 10.8. The van der Waals surface area contributed by atoms with Gasteiger partial charge in [-0.2, -0.15) is 0 Å². The molecular weight excluding hydrogens is 392 g/mol. The van der Waals surface area contributed by atoms with Crippen LogP contribution in [0.5, 0.6) is 0 Å². The zero-order valence-corrected chi connectivity index (χ0v) is 17.2. The fraction of sp³-hybridized carbons (Fsp3) is 0.238. The molecule has 1 heterocycles. The first-order valence-electron chi connectivity index (χ1n) is 9.16. The van der Waals surface area contributed by atoms with Crippen LogP contribution in [0.2, 0.25) is 5.02 Å². The summed E-state index contributed by atoms with van der Waals surface area (Å²) in [6.45, 7) is 5.01. The summed E-state index contributed by atoms with van der Waals surface area (Å²) < 4.78 is 1.33. The fourth-order valence-electron chi connectivity index (χ4n) is 3.11. The Morgan fingerprint density at radius 1 is 1.17 bits per heavy atom. The van der Waals surface area contributed by atoms with Crippen LogP contribution in [0.25, 0.3) is 11.0 Å². The monoisotopic (exact) mass is 412 g/mol. The molecule has 2 amide bonds. The maximum absolute atomic E-state index is 13.1. The van der Waals surface area contributed by atoms with Gasteiger partial charge in [-0.1, -0.05) is 29.8 Å². The molecule has 0 fully saturated rings. The van der Waals surface area contributed by atoms with Gasteiger partial charge in [0.1, 0.15) is 6.54 Å². The van der Waals surface area contributed by atoms with Gasteiger partial charge in [0, 0.05) is 24.2 Å². The summed E-state index contributed by atoms with van der Waals surface area (Å²) in [4.78, 5) is 43.4. The number of hydrogen-bond acceptors (Lipinski definition) is 4. The minimum Gasteiger partial charge on any atom is -0.324 e. The topological polar surface area (TPSA) is 84.3 Å². The summed E-state index contributed by atoms with van der Waals surface area (Å²) in [6.07, 6.45) is 0. The van der Waals surface area contributed by atoms with Gasteiger partial charge in [0.15, 0.2) is 0 Å². The third kappa shape index (κ3) is 4.14. The van der Waals surface area contributed by atoms with Crippen LogP contribution in [-0.2, 0) is 16.1 Å². The van der Waals surface area contributed by atoms with Gasteiger partial charge in [-0.15, -0.1) is 0 Å². The highest BCUT2D eigenvalue weighted by molar-refractivity contribution is 6.31. The van der Waals surface area contributed by atoms with E-state index >= 15 is 0 Å². The van der Waals surface area contributed by atoms with E-state index in [1.165, 1.54) is 16.4 Å². The Labute approximate surface area is 172 Å². The fourth-order valence-corrected chi connectivity index (χ4v) is 3.28. The molecule has 0 spiro atoms. The number of carbonyl (C=O) groups is 2. The number of rotatable bonds is 5. The molecule has 150 valence electrons. The van der Waals surface area contributed by atoms with Crippen LogP contribution in [0.3, 0.4) is 0 Å². The summed E-state index contributed by atoms with van der Waals surface area (Å²) in [5.41, 5.74) is 1.85. The second kappa shape index (κ2) is 8.45. The Morgan fingerprint density at radius 2 is 1.90 bits per heavy atom. The smallest absolute Gasteiger partial charge is 0.294 e. The summed E-state index contributed by atoms with van der Waals surface area (Å²) in [6, 6.07) is 12.2. The van der Waals surface area contributed by atoms with Gasteiger partial charge in [-0.3, -0.25) is 23.9 Å². The molecule has 1 aromatic heterocycles. The Hall–Kier alpha value is -3.19. The molecule has 7 nitrogen and oxygen atoms in total. The van der Waals surface area contributed by atoms with E-state index in [2.05, 4.69) is 10.3 Å². The second-order valence-electron chi connectivity index (χ2n) is 6.54. The van der Waals surface area contributed by atoms with Crippen LogP contribution >= 0.6 is 11.6 Å². The largest absolute Gasteiger partial charge is 0.324 e. The number of hydrogen-bond donors (Lipinski definition) is 1. The van der Waals surface area contributed by atoms with E-state index in [9.17, 15) is 14.4 Å². The average Bonchev–Trinajstić information content (AvgIpc) is 2.68. The lowest BCUT2D eigenvalue weighted by atomic mass is 10.2. The molecule has 0 radical (unpaired) electrons. The number of nitrogens with one attached hydrogen (secondary N) is 1. The van der Waals surface area contributed by atoms with Crippen molar-refractivity contribution < 1.29 is 9.59 Å². The number of para-hydroxylation sites is 2. The minimum atomic E-state index is -0.501. The van der Waals surface area contributed by atoms with Gasteiger partial charge in [-0.25, -0.2) is 4.98 Å². The molecule has 0 saturated carbocycles. The third-order valence-electron chi connectivity index (χ3n) is 4.63. The Bertz CT molecular complexity index is 1160. The van der Waals surface area contributed by atoms with Crippen molar-refractivity contribution in [3.05, 3.63) is 63.4 Å². The highest BCUT2D eigenvalue weighted by atomic mass is 35.5. The van der Waals surface area contributed by atoms with Gasteiger partial charge in [-0.05, 0) is 43.7 Å². The number of aromatic nitrogens is 2. The van der Waals surface area contributed by atoms with Gasteiger partial charge < -0.3 is 5.32 Å². The summed E-state index contributed by atoms with van der Waals surface area (Å²) in [5.74, 6) is -0.672. The van der Waals surface area contributed by atoms with Gasteiger partial charge in [0.2, 0.25) is 17.6 Å². The molecule has 0 unspecified atom stereocenters. The van der Waals surface area contributed by atoms with Gasteiger partial charge >= 0.3 is 0 Å². The van der Waals surface area contributed by atoms with Gasteiger partial charge in [0.25, 0.3) is 5.56 Å². The number of carbonyl (C=O) groups excluding carboxylic acids is 2. The Morgan fingerprint density at radius 3 is 2.59 bits per heavy atom. The summed E-state index contributed by atoms with van der Waals surface area (Å²) >= 11 is 6.11. The van der Waals surface area contributed by atoms with Crippen molar-refractivity contribution >= 4 is 46.0 Å². The van der Waals surface area contributed by atoms with Crippen molar-refractivity contribution in [2.75, 3.05) is 16.8 Å². The van der Waals surface area contributed by atoms with Crippen LogP contribution < -0.4 is 15.8 Å². The molecule has 0 atom stereocenters. The van der Waals surface area contributed by atoms with Crippen molar-refractivity contribution in [1.29, 1.82) is 0 Å². The first kappa shape index (κ1) is 20.5. The number of benzene rings is 2. The van der Waals surface area contributed by atoms with Crippen molar-refractivity contribution in [1.82, 2.24) is 9.55 Å². The van der Waals surface area contributed by atoms with Crippen LogP contribution in [0.1, 0.15) is 19.4 Å². The maximum Gasteiger partial charge on any atom is 0.294 e. The first-order valence-corrected chi connectivity index (χ1v) is 9.54.